The smallest absolute Gasteiger partial charge is 0.220 e. The number of aliphatic hydroxyl groups excluding tert-OH is 5. The molecule has 1 aliphatic heterocycles. The van der Waals surface area contributed by atoms with Crippen LogP contribution in [0, 0.1) is 0 Å². The summed E-state index contributed by atoms with van der Waals surface area (Å²) in [5.74, 6) is -0.148. The third-order valence-corrected chi connectivity index (χ3v) is 14.6. The lowest BCUT2D eigenvalue weighted by molar-refractivity contribution is -0.302. The fourth-order valence-corrected chi connectivity index (χ4v) is 9.78. The molecule has 0 saturated carbocycles. The molecule has 1 heterocycles. The lowest BCUT2D eigenvalue weighted by atomic mass is 9.99. The molecule has 0 aromatic heterocycles. The largest absolute Gasteiger partial charge is 0.394 e. The Morgan fingerprint density at radius 3 is 1.28 bits per heavy atom. The Labute approximate surface area is 426 Å². The highest BCUT2D eigenvalue weighted by Crippen LogP contribution is 2.23. The number of hydrogen-bond acceptors (Lipinski definition) is 8. The Hall–Kier alpha value is -1.33. The first-order chi connectivity index (χ1) is 33.8. The number of nitrogens with one attached hydrogen (secondary N) is 1. The zero-order valence-electron chi connectivity index (χ0n) is 45.3. The molecular weight excluding hydrogens is 863 g/mol. The molecule has 1 rings (SSSR count). The molecule has 1 amide bonds. The SMILES string of the molecule is CCCCC/C=C\C/C=C\CCCCCCCCCC(=O)NC(COC1OC(CO)C(O)C(O)C1O)C(O)CCCCCCCCCCCCCCCCCCCCCCCCCCCCCCC. The van der Waals surface area contributed by atoms with E-state index in [0.29, 0.717) is 12.8 Å². The van der Waals surface area contributed by atoms with Crippen molar-refractivity contribution in [1.82, 2.24) is 5.32 Å². The number of aliphatic hydroxyl groups is 5. The van der Waals surface area contributed by atoms with Crippen molar-refractivity contribution >= 4 is 5.91 Å². The second kappa shape index (κ2) is 50.2. The Balaban J connectivity index is 2.15. The highest BCUT2D eigenvalue weighted by molar-refractivity contribution is 5.76. The monoisotopic (exact) mass is 978 g/mol. The second-order valence-electron chi connectivity index (χ2n) is 21.1. The average molecular weight is 979 g/mol. The van der Waals surface area contributed by atoms with Crippen molar-refractivity contribution in [3.63, 3.8) is 0 Å². The van der Waals surface area contributed by atoms with Gasteiger partial charge >= 0.3 is 0 Å². The molecule has 0 spiro atoms. The Bertz CT molecular complexity index is 1130. The standard InChI is InChI=1S/C60H115NO8/c1-3-5-7-9-11-13-15-17-19-21-22-23-24-25-26-27-28-29-30-31-32-34-35-37-39-41-43-45-47-49-54(63)53(52-68-60-59(67)58(66)57(65)55(51-62)69-60)61-56(64)50-48-46-44-42-40-38-36-33-20-18-16-14-12-10-8-6-4-2/h12,14,18,20,53-55,57-60,62-63,65-67H,3-11,13,15-17,19,21-52H2,1-2H3,(H,61,64)/b14-12-,20-18-. The van der Waals surface area contributed by atoms with Crippen LogP contribution in [0.1, 0.15) is 296 Å². The van der Waals surface area contributed by atoms with Crippen molar-refractivity contribution in [2.24, 2.45) is 0 Å². The summed E-state index contributed by atoms with van der Waals surface area (Å²) in [6.07, 6.45) is 56.5. The predicted octanol–water partition coefficient (Wildman–Crippen LogP) is 15.0. The van der Waals surface area contributed by atoms with Crippen LogP contribution in [0.5, 0.6) is 0 Å². The molecule has 0 aliphatic carbocycles. The second-order valence-corrected chi connectivity index (χ2v) is 21.1. The maximum Gasteiger partial charge on any atom is 0.220 e. The number of ether oxygens (including phenoxy) is 2. The summed E-state index contributed by atoms with van der Waals surface area (Å²) in [4.78, 5) is 13.1. The quantitative estimate of drug-likeness (QED) is 0.0261. The van der Waals surface area contributed by atoms with Crippen molar-refractivity contribution < 1.29 is 39.8 Å². The van der Waals surface area contributed by atoms with E-state index in [0.717, 1.165) is 51.4 Å². The minimum absolute atomic E-state index is 0.139. The van der Waals surface area contributed by atoms with E-state index in [-0.39, 0.29) is 12.5 Å². The number of amides is 1. The van der Waals surface area contributed by atoms with Crippen LogP contribution in [0.4, 0.5) is 0 Å². The van der Waals surface area contributed by atoms with E-state index in [9.17, 15) is 30.3 Å². The van der Waals surface area contributed by atoms with Crippen molar-refractivity contribution in [2.45, 2.75) is 339 Å². The Kier molecular flexibility index (Phi) is 47.8. The molecule has 7 atom stereocenters. The van der Waals surface area contributed by atoms with Gasteiger partial charge in [-0.15, -0.1) is 0 Å². The number of unbranched alkanes of at least 4 members (excludes halogenated alkanes) is 38. The minimum atomic E-state index is -1.55. The first-order valence-corrected chi connectivity index (χ1v) is 30.0. The lowest BCUT2D eigenvalue weighted by Crippen LogP contribution is -2.60. The third-order valence-electron chi connectivity index (χ3n) is 14.6. The molecule has 1 fully saturated rings. The van der Waals surface area contributed by atoms with Gasteiger partial charge in [-0.3, -0.25) is 4.79 Å². The van der Waals surface area contributed by atoms with Gasteiger partial charge in [0.2, 0.25) is 5.91 Å². The van der Waals surface area contributed by atoms with Gasteiger partial charge in [-0.05, 0) is 44.9 Å². The molecule has 0 radical (unpaired) electrons. The number of allylic oxidation sites excluding steroid dienone is 4. The summed E-state index contributed by atoms with van der Waals surface area (Å²) in [5, 5.41) is 54.7. The maximum absolute atomic E-state index is 13.1. The molecule has 1 aliphatic rings. The van der Waals surface area contributed by atoms with Gasteiger partial charge in [0.25, 0.3) is 0 Å². The summed E-state index contributed by atoms with van der Waals surface area (Å²) >= 11 is 0. The summed E-state index contributed by atoms with van der Waals surface area (Å²) in [7, 11) is 0. The van der Waals surface area contributed by atoms with Crippen molar-refractivity contribution in [3.05, 3.63) is 24.3 Å². The van der Waals surface area contributed by atoms with Crippen LogP contribution in [-0.4, -0.2) is 87.5 Å². The fourth-order valence-electron chi connectivity index (χ4n) is 9.78. The van der Waals surface area contributed by atoms with Gasteiger partial charge in [0.05, 0.1) is 25.4 Å². The van der Waals surface area contributed by atoms with Crippen LogP contribution >= 0.6 is 0 Å². The van der Waals surface area contributed by atoms with E-state index in [1.165, 1.54) is 218 Å². The van der Waals surface area contributed by atoms with Gasteiger partial charge in [0.15, 0.2) is 6.29 Å². The number of carbonyl (C=O) groups is 1. The zero-order valence-corrected chi connectivity index (χ0v) is 45.3. The molecule has 0 bridgehead atoms. The van der Waals surface area contributed by atoms with Crippen LogP contribution in [0.25, 0.3) is 0 Å². The number of hydrogen-bond donors (Lipinski definition) is 6. The Morgan fingerprint density at radius 1 is 0.493 bits per heavy atom. The van der Waals surface area contributed by atoms with Gasteiger partial charge in [-0.1, -0.05) is 269 Å². The highest BCUT2D eigenvalue weighted by atomic mass is 16.7. The normalized spacial score (nSPS) is 19.6. The van der Waals surface area contributed by atoms with E-state index in [1.54, 1.807) is 0 Å². The van der Waals surface area contributed by atoms with E-state index < -0.39 is 49.5 Å². The van der Waals surface area contributed by atoms with Gasteiger partial charge in [-0.2, -0.15) is 0 Å². The van der Waals surface area contributed by atoms with Crippen LogP contribution in [0.3, 0.4) is 0 Å². The van der Waals surface area contributed by atoms with E-state index in [4.69, 9.17) is 9.47 Å². The average Bonchev–Trinajstić information content (AvgIpc) is 3.35. The van der Waals surface area contributed by atoms with Crippen LogP contribution in [0.15, 0.2) is 24.3 Å². The summed E-state index contributed by atoms with van der Waals surface area (Å²) < 4.78 is 11.3. The molecule has 6 N–H and O–H groups in total. The highest BCUT2D eigenvalue weighted by Gasteiger charge is 2.44. The zero-order chi connectivity index (χ0) is 50.1. The number of carbonyl (C=O) groups excluding carboxylic acids is 1. The minimum Gasteiger partial charge on any atom is -0.394 e. The first-order valence-electron chi connectivity index (χ1n) is 30.0. The van der Waals surface area contributed by atoms with Crippen molar-refractivity contribution in [1.29, 1.82) is 0 Å². The maximum atomic E-state index is 13.1. The first kappa shape index (κ1) is 65.7. The molecule has 408 valence electrons. The third kappa shape index (κ3) is 39.8. The molecule has 9 nitrogen and oxygen atoms in total. The fraction of sp³-hybridized carbons (Fsp3) is 0.917. The predicted molar refractivity (Wildman–Crippen MR) is 290 cm³/mol. The van der Waals surface area contributed by atoms with Gasteiger partial charge < -0.3 is 40.3 Å². The molecule has 9 heteroatoms. The van der Waals surface area contributed by atoms with E-state index >= 15 is 0 Å². The topological polar surface area (TPSA) is 149 Å². The molecule has 69 heavy (non-hydrogen) atoms. The molecule has 0 aromatic carbocycles. The van der Waals surface area contributed by atoms with Gasteiger partial charge in [0, 0.05) is 6.42 Å². The van der Waals surface area contributed by atoms with E-state index in [2.05, 4.69) is 43.5 Å². The van der Waals surface area contributed by atoms with Crippen LogP contribution < -0.4 is 5.32 Å². The summed E-state index contributed by atoms with van der Waals surface area (Å²) in [6.45, 7) is 3.84. The Morgan fingerprint density at radius 2 is 0.855 bits per heavy atom. The van der Waals surface area contributed by atoms with Crippen LogP contribution in [-0.2, 0) is 14.3 Å². The van der Waals surface area contributed by atoms with Gasteiger partial charge in [-0.25, -0.2) is 0 Å². The molecule has 1 saturated heterocycles. The van der Waals surface area contributed by atoms with Crippen LogP contribution in [0.2, 0.25) is 0 Å². The summed E-state index contributed by atoms with van der Waals surface area (Å²) in [6, 6.07) is -0.723. The van der Waals surface area contributed by atoms with Crippen molar-refractivity contribution in [3.8, 4) is 0 Å². The van der Waals surface area contributed by atoms with Gasteiger partial charge in [0.1, 0.15) is 24.4 Å². The van der Waals surface area contributed by atoms with Crippen molar-refractivity contribution in [2.75, 3.05) is 13.2 Å². The van der Waals surface area contributed by atoms with E-state index in [1.807, 2.05) is 0 Å². The summed E-state index contributed by atoms with van der Waals surface area (Å²) in [5.41, 5.74) is 0. The molecule has 7 unspecified atom stereocenters. The lowest BCUT2D eigenvalue weighted by Gasteiger charge is -2.40. The number of rotatable bonds is 52. The molecule has 0 aromatic rings. The molecular formula is C60H115NO8.